The summed E-state index contributed by atoms with van der Waals surface area (Å²) in [5.41, 5.74) is 1.59. The van der Waals surface area contributed by atoms with Gasteiger partial charge in [-0.25, -0.2) is 16.8 Å². The highest BCUT2D eigenvalue weighted by Gasteiger charge is 2.28. The van der Waals surface area contributed by atoms with E-state index in [0.29, 0.717) is 32.1 Å². The van der Waals surface area contributed by atoms with Gasteiger partial charge in [0.2, 0.25) is 10.0 Å². The molecule has 0 saturated carbocycles. The highest BCUT2D eigenvalue weighted by molar-refractivity contribution is 7.92. The van der Waals surface area contributed by atoms with Crippen LogP contribution in [0.2, 0.25) is 0 Å². The minimum absolute atomic E-state index is 0.0219. The largest absolute Gasteiger partial charge is 0.381 e. The molecule has 0 spiro atoms. The number of anilines is 2. The molecule has 0 aromatic heterocycles. The van der Waals surface area contributed by atoms with Crippen LogP contribution < -0.4 is 10.0 Å². The summed E-state index contributed by atoms with van der Waals surface area (Å²) in [6.07, 6.45) is 1.93. The topological polar surface area (TPSA) is 114 Å². The lowest BCUT2D eigenvalue weighted by Gasteiger charge is -2.26. The quantitative estimate of drug-likeness (QED) is 0.578. The smallest absolute Gasteiger partial charge is 0.261 e. The number of nitrogens with zero attached hydrogens (tertiary/aromatic N) is 1. The van der Waals surface area contributed by atoms with Crippen LogP contribution in [-0.4, -0.2) is 66.7 Å². The molecule has 0 aliphatic carbocycles. The molecule has 2 fully saturated rings. The molecule has 33 heavy (non-hydrogen) atoms. The van der Waals surface area contributed by atoms with Crippen molar-refractivity contribution in [1.29, 1.82) is 0 Å². The van der Waals surface area contributed by atoms with Crippen molar-refractivity contribution in [2.45, 2.75) is 35.7 Å². The van der Waals surface area contributed by atoms with Gasteiger partial charge < -0.3 is 14.8 Å². The van der Waals surface area contributed by atoms with Gasteiger partial charge in [0.25, 0.3) is 10.0 Å². The van der Waals surface area contributed by atoms with Gasteiger partial charge in [-0.3, -0.25) is 4.72 Å². The van der Waals surface area contributed by atoms with E-state index in [-0.39, 0.29) is 34.7 Å². The molecular formula is C22H29N3O6S2. The van der Waals surface area contributed by atoms with Crippen molar-refractivity contribution >= 4 is 31.4 Å². The van der Waals surface area contributed by atoms with Gasteiger partial charge in [-0.2, -0.15) is 4.31 Å². The predicted molar refractivity (Wildman–Crippen MR) is 125 cm³/mol. The second-order valence-corrected chi connectivity index (χ2v) is 11.8. The minimum Gasteiger partial charge on any atom is -0.381 e. The molecule has 0 radical (unpaired) electrons. The molecule has 0 bridgehead atoms. The maximum atomic E-state index is 13.1. The molecule has 0 amide bonds. The molecule has 0 unspecified atom stereocenters. The summed E-state index contributed by atoms with van der Waals surface area (Å²) >= 11 is 0. The monoisotopic (exact) mass is 495 g/mol. The van der Waals surface area contributed by atoms with E-state index in [9.17, 15) is 16.8 Å². The number of rotatable bonds is 8. The van der Waals surface area contributed by atoms with E-state index in [1.807, 2.05) is 6.92 Å². The Hall–Kier alpha value is -2.18. The zero-order valence-corrected chi connectivity index (χ0v) is 20.1. The standard InChI is InChI=1S/C22H29N3O6S2/c1-17-4-6-19(7-5-17)32(26,27)24-22-15-20(33(28,29)25-10-13-30-14-11-25)8-9-21(22)23-16-18-3-2-12-31-18/h4-9,15,18,23-24H,2-3,10-14,16H2,1H3/t18-/m0/s1. The number of nitrogens with one attached hydrogen (secondary N) is 2. The van der Waals surface area contributed by atoms with E-state index in [4.69, 9.17) is 9.47 Å². The predicted octanol–water partition coefficient (Wildman–Crippen LogP) is 2.41. The van der Waals surface area contributed by atoms with Crippen molar-refractivity contribution in [2.75, 3.05) is 49.5 Å². The third-order valence-electron chi connectivity index (χ3n) is 5.72. The summed E-state index contributed by atoms with van der Waals surface area (Å²) < 4.78 is 67.2. The maximum absolute atomic E-state index is 13.1. The Bertz CT molecular complexity index is 1170. The summed E-state index contributed by atoms with van der Waals surface area (Å²) in [6.45, 7) is 4.24. The lowest BCUT2D eigenvalue weighted by atomic mass is 10.2. The summed E-state index contributed by atoms with van der Waals surface area (Å²) in [4.78, 5) is 0.119. The number of morpholine rings is 1. The molecule has 2 aromatic rings. The summed E-state index contributed by atoms with van der Waals surface area (Å²) in [6, 6.07) is 10.9. The summed E-state index contributed by atoms with van der Waals surface area (Å²) in [7, 11) is -7.72. The van der Waals surface area contributed by atoms with E-state index in [2.05, 4.69) is 10.0 Å². The van der Waals surface area contributed by atoms with Crippen molar-refractivity contribution in [3.63, 3.8) is 0 Å². The maximum Gasteiger partial charge on any atom is 0.261 e. The lowest BCUT2D eigenvalue weighted by molar-refractivity contribution is 0.0730. The number of hydrogen-bond acceptors (Lipinski definition) is 7. The van der Waals surface area contributed by atoms with Crippen molar-refractivity contribution in [3.8, 4) is 0 Å². The van der Waals surface area contributed by atoms with Crippen LogP contribution in [0.25, 0.3) is 0 Å². The van der Waals surface area contributed by atoms with Crippen LogP contribution in [0.1, 0.15) is 18.4 Å². The molecule has 2 N–H and O–H groups in total. The van der Waals surface area contributed by atoms with E-state index in [1.54, 1.807) is 18.2 Å². The summed E-state index contributed by atoms with van der Waals surface area (Å²) in [5, 5.41) is 3.22. The van der Waals surface area contributed by atoms with Gasteiger partial charge in [0.05, 0.1) is 40.5 Å². The average molecular weight is 496 g/mol. The zero-order valence-electron chi connectivity index (χ0n) is 18.5. The molecule has 2 aliphatic rings. The molecule has 11 heteroatoms. The summed E-state index contributed by atoms with van der Waals surface area (Å²) in [5.74, 6) is 0. The van der Waals surface area contributed by atoms with Gasteiger partial charge in [-0.1, -0.05) is 17.7 Å². The van der Waals surface area contributed by atoms with E-state index in [1.165, 1.54) is 28.6 Å². The molecule has 2 heterocycles. The normalized spacial score (nSPS) is 20.0. The van der Waals surface area contributed by atoms with Crippen LogP contribution in [0.4, 0.5) is 11.4 Å². The second-order valence-electron chi connectivity index (χ2n) is 8.16. The Balaban J connectivity index is 1.65. The van der Waals surface area contributed by atoms with Gasteiger partial charge >= 0.3 is 0 Å². The highest BCUT2D eigenvalue weighted by atomic mass is 32.2. The first kappa shape index (κ1) is 24.0. The van der Waals surface area contributed by atoms with Crippen molar-refractivity contribution < 1.29 is 26.3 Å². The van der Waals surface area contributed by atoms with Gasteiger partial charge in [-0.05, 0) is 50.1 Å². The van der Waals surface area contributed by atoms with Crippen LogP contribution in [0.3, 0.4) is 0 Å². The number of sulfonamides is 2. The van der Waals surface area contributed by atoms with Crippen LogP contribution >= 0.6 is 0 Å². The fraction of sp³-hybridized carbons (Fsp3) is 0.455. The Kier molecular flexibility index (Phi) is 7.25. The minimum atomic E-state index is -3.93. The van der Waals surface area contributed by atoms with E-state index >= 15 is 0 Å². The Morgan fingerprint density at radius 2 is 1.64 bits per heavy atom. The molecule has 180 valence electrons. The highest BCUT2D eigenvalue weighted by Crippen LogP contribution is 2.30. The van der Waals surface area contributed by atoms with Gasteiger partial charge in [0, 0.05) is 26.2 Å². The molecule has 9 nitrogen and oxygen atoms in total. The third-order valence-corrected chi connectivity index (χ3v) is 8.99. The molecule has 2 aliphatic heterocycles. The molecule has 2 saturated heterocycles. The van der Waals surface area contributed by atoms with Gasteiger partial charge in [0.1, 0.15) is 0 Å². The lowest BCUT2D eigenvalue weighted by Crippen LogP contribution is -2.40. The van der Waals surface area contributed by atoms with Crippen LogP contribution in [0.15, 0.2) is 52.3 Å². The first-order valence-corrected chi connectivity index (χ1v) is 13.8. The zero-order chi connectivity index (χ0) is 23.5. The van der Waals surface area contributed by atoms with E-state index < -0.39 is 20.0 Å². The second kappa shape index (κ2) is 9.98. The van der Waals surface area contributed by atoms with Crippen molar-refractivity contribution in [2.24, 2.45) is 0 Å². The van der Waals surface area contributed by atoms with Crippen LogP contribution in [-0.2, 0) is 29.5 Å². The fourth-order valence-corrected chi connectivity index (χ4v) is 6.31. The molecular weight excluding hydrogens is 466 g/mol. The number of benzene rings is 2. The molecule has 2 aromatic carbocycles. The Morgan fingerprint density at radius 1 is 0.939 bits per heavy atom. The van der Waals surface area contributed by atoms with Gasteiger partial charge in [-0.15, -0.1) is 0 Å². The first-order chi connectivity index (χ1) is 15.8. The van der Waals surface area contributed by atoms with Crippen LogP contribution in [0, 0.1) is 6.92 Å². The van der Waals surface area contributed by atoms with Crippen LogP contribution in [0.5, 0.6) is 0 Å². The van der Waals surface area contributed by atoms with E-state index in [0.717, 1.165) is 18.4 Å². The third kappa shape index (κ3) is 5.67. The Labute approximate surface area is 195 Å². The number of ether oxygens (including phenoxy) is 2. The molecule has 4 rings (SSSR count). The fourth-order valence-electron chi connectivity index (χ4n) is 3.81. The van der Waals surface area contributed by atoms with Crippen molar-refractivity contribution in [3.05, 3.63) is 48.0 Å². The number of hydrogen-bond donors (Lipinski definition) is 2. The van der Waals surface area contributed by atoms with Gasteiger partial charge in [0.15, 0.2) is 0 Å². The first-order valence-electron chi connectivity index (χ1n) is 10.9. The SMILES string of the molecule is Cc1ccc(S(=O)(=O)Nc2cc(S(=O)(=O)N3CCOCC3)ccc2NC[C@@H]2CCCO2)cc1. The number of aryl methyl sites for hydroxylation is 1. The average Bonchev–Trinajstić information content (AvgIpc) is 3.32. The van der Waals surface area contributed by atoms with Crippen molar-refractivity contribution in [1.82, 2.24) is 4.31 Å². The molecule has 1 atom stereocenters. The Morgan fingerprint density at radius 3 is 2.30 bits per heavy atom.